The maximum absolute atomic E-state index is 11.4. The minimum absolute atomic E-state index is 0.133. The third-order valence-electron chi connectivity index (χ3n) is 2.00. The van der Waals surface area contributed by atoms with Gasteiger partial charge in [0, 0.05) is 11.1 Å². The summed E-state index contributed by atoms with van der Waals surface area (Å²) in [4.78, 5) is 10.5. The summed E-state index contributed by atoms with van der Waals surface area (Å²) in [6, 6.07) is 4.37. The lowest BCUT2D eigenvalue weighted by molar-refractivity contribution is 0.209. The number of hydrogen-bond donors (Lipinski definition) is 2. The van der Waals surface area contributed by atoms with Crippen molar-refractivity contribution in [3.63, 3.8) is 0 Å². The minimum Gasteiger partial charge on any atom is -0.465 e. The topological polar surface area (TPSA) is 83.5 Å². The molecule has 0 saturated heterocycles. The number of rotatable bonds is 1. The van der Waals surface area contributed by atoms with Gasteiger partial charge in [0.1, 0.15) is 0 Å². The van der Waals surface area contributed by atoms with Crippen LogP contribution in [0, 0.1) is 0 Å². The number of hydrogen-bond acceptors (Lipinski definition) is 3. The Kier molecular flexibility index (Phi) is 2.01. The Balaban J connectivity index is 2.49. The fourth-order valence-corrected chi connectivity index (χ4v) is 2.58. The van der Waals surface area contributed by atoms with Crippen LogP contribution >= 0.6 is 0 Å². The van der Waals surface area contributed by atoms with E-state index in [4.69, 9.17) is 5.11 Å². The van der Waals surface area contributed by atoms with Gasteiger partial charge in [-0.1, -0.05) is 6.07 Å². The molecule has 0 saturated carbocycles. The molecule has 2 N–H and O–H groups in total. The normalized spacial score (nSPS) is 16.0. The first-order chi connectivity index (χ1) is 6.99. The zero-order valence-corrected chi connectivity index (χ0v) is 8.28. The van der Waals surface area contributed by atoms with E-state index in [0.29, 0.717) is 5.56 Å². The lowest BCUT2D eigenvalue weighted by atomic mass is 10.2. The van der Waals surface area contributed by atoms with Gasteiger partial charge in [-0.25, -0.2) is 13.2 Å². The highest BCUT2D eigenvalue weighted by Gasteiger charge is 2.20. The molecule has 0 fully saturated rings. The molecule has 0 aliphatic carbocycles. The van der Waals surface area contributed by atoms with Crippen molar-refractivity contribution in [1.82, 2.24) is 0 Å². The standard InChI is InChI=1S/C9H7NO4S/c11-9(12)10-7-2-1-6-3-4-15(13,14)8(6)5-7/h1-5,10H,(H,11,12). The van der Waals surface area contributed by atoms with Crippen LogP contribution < -0.4 is 5.32 Å². The van der Waals surface area contributed by atoms with Gasteiger partial charge in [-0.3, -0.25) is 5.32 Å². The second kappa shape index (κ2) is 3.09. The van der Waals surface area contributed by atoms with Gasteiger partial charge < -0.3 is 5.11 Å². The first-order valence-corrected chi connectivity index (χ1v) is 5.61. The Bertz CT molecular complexity index is 559. The molecule has 0 unspecified atom stereocenters. The summed E-state index contributed by atoms with van der Waals surface area (Å²) in [5.41, 5.74) is 0.819. The third-order valence-corrected chi connectivity index (χ3v) is 3.46. The molecule has 1 heterocycles. The molecule has 0 spiro atoms. The molecule has 6 heteroatoms. The van der Waals surface area contributed by atoms with Crippen LogP contribution in [-0.2, 0) is 9.84 Å². The average Bonchev–Trinajstić information content (AvgIpc) is 2.42. The molecule has 0 radical (unpaired) electrons. The largest absolute Gasteiger partial charge is 0.465 e. The smallest absolute Gasteiger partial charge is 0.409 e. The predicted molar refractivity (Wildman–Crippen MR) is 54.3 cm³/mol. The Morgan fingerprint density at radius 3 is 2.73 bits per heavy atom. The summed E-state index contributed by atoms with van der Waals surface area (Å²) >= 11 is 0. The van der Waals surface area contributed by atoms with E-state index < -0.39 is 15.9 Å². The van der Waals surface area contributed by atoms with Crippen LogP contribution in [0.5, 0.6) is 0 Å². The molecule has 1 aromatic rings. The Morgan fingerprint density at radius 2 is 2.07 bits per heavy atom. The molecule has 1 aromatic carbocycles. The van der Waals surface area contributed by atoms with Crippen LogP contribution in [0.4, 0.5) is 10.5 Å². The van der Waals surface area contributed by atoms with Crippen LogP contribution in [0.1, 0.15) is 5.56 Å². The van der Waals surface area contributed by atoms with Crippen molar-refractivity contribution in [2.24, 2.45) is 0 Å². The van der Waals surface area contributed by atoms with Crippen LogP contribution in [0.3, 0.4) is 0 Å². The molecule has 0 bridgehead atoms. The fraction of sp³-hybridized carbons (Fsp3) is 0. The fourth-order valence-electron chi connectivity index (χ4n) is 1.36. The van der Waals surface area contributed by atoms with Crippen molar-refractivity contribution in [3.8, 4) is 0 Å². The molecule has 0 aromatic heterocycles. The van der Waals surface area contributed by atoms with Gasteiger partial charge in [-0.2, -0.15) is 0 Å². The average molecular weight is 225 g/mol. The van der Waals surface area contributed by atoms with E-state index in [9.17, 15) is 13.2 Å². The summed E-state index contributed by atoms with van der Waals surface area (Å²) in [6.45, 7) is 0. The highest BCUT2D eigenvalue weighted by atomic mass is 32.2. The molecule has 1 amide bonds. The number of carboxylic acid groups (broad SMARTS) is 1. The highest BCUT2D eigenvalue weighted by Crippen LogP contribution is 2.29. The summed E-state index contributed by atoms with van der Waals surface area (Å²) in [7, 11) is -3.38. The molecule has 2 rings (SSSR count). The van der Waals surface area contributed by atoms with Gasteiger partial charge in [0.2, 0.25) is 9.84 Å². The molecular formula is C9H7NO4S. The number of carbonyl (C=O) groups is 1. The molecule has 5 nitrogen and oxygen atoms in total. The molecule has 15 heavy (non-hydrogen) atoms. The van der Waals surface area contributed by atoms with Crippen LogP contribution in [0.2, 0.25) is 0 Å². The van der Waals surface area contributed by atoms with Crippen LogP contribution in [0.15, 0.2) is 28.5 Å². The number of amides is 1. The Labute approximate surface area is 86.0 Å². The summed E-state index contributed by atoms with van der Waals surface area (Å²) in [6.07, 6.45) is 0.258. The molecular weight excluding hydrogens is 218 g/mol. The molecule has 1 aliphatic rings. The summed E-state index contributed by atoms with van der Waals surface area (Å²) in [5.74, 6) is 0. The maximum Gasteiger partial charge on any atom is 0.409 e. The van der Waals surface area contributed by atoms with Crippen molar-refractivity contribution in [3.05, 3.63) is 29.2 Å². The Morgan fingerprint density at radius 1 is 1.33 bits per heavy atom. The number of anilines is 1. The number of sulfone groups is 1. The van der Waals surface area contributed by atoms with Gasteiger partial charge in [-0.15, -0.1) is 0 Å². The van der Waals surface area contributed by atoms with E-state index in [-0.39, 0.29) is 10.6 Å². The quantitative estimate of drug-likeness (QED) is 0.759. The molecule has 78 valence electrons. The van der Waals surface area contributed by atoms with Crippen molar-refractivity contribution in [2.45, 2.75) is 4.90 Å². The second-order valence-corrected chi connectivity index (χ2v) is 4.83. The van der Waals surface area contributed by atoms with Gasteiger partial charge in [0.15, 0.2) is 0 Å². The zero-order chi connectivity index (χ0) is 11.1. The van der Waals surface area contributed by atoms with E-state index in [0.717, 1.165) is 5.41 Å². The first-order valence-electron chi connectivity index (χ1n) is 4.06. The molecule has 1 aliphatic heterocycles. The minimum atomic E-state index is -3.38. The zero-order valence-electron chi connectivity index (χ0n) is 7.47. The van der Waals surface area contributed by atoms with Crippen LogP contribution in [0.25, 0.3) is 6.08 Å². The van der Waals surface area contributed by atoms with Gasteiger partial charge >= 0.3 is 6.09 Å². The van der Waals surface area contributed by atoms with Crippen molar-refractivity contribution < 1.29 is 18.3 Å². The number of benzene rings is 1. The van der Waals surface area contributed by atoms with Crippen molar-refractivity contribution in [1.29, 1.82) is 0 Å². The van der Waals surface area contributed by atoms with Gasteiger partial charge in [0.05, 0.1) is 4.90 Å². The second-order valence-electron chi connectivity index (χ2n) is 3.03. The number of nitrogens with one attached hydrogen (secondary N) is 1. The van der Waals surface area contributed by atoms with E-state index in [1.807, 2.05) is 0 Å². The van der Waals surface area contributed by atoms with Gasteiger partial charge in [-0.05, 0) is 23.8 Å². The third kappa shape index (κ3) is 1.71. The lowest BCUT2D eigenvalue weighted by Gasteiger charge is -2.03. The first kappa shape index (κ1) is 9.72. The van der Waals surface area contributed by atoms with E-state index in [1.54, 1.807) is 6.07 Å². The summed E-state index contributed by atoms with van der Waals surface area (Å²) in [5, 5.41) is 11.7. The maximum atomic E-state index is 11.4. The predicted octanol–water partition coefficient (Wildman–Crippen LogP) is 1.53. The van der Waals surface area contributed by atoms with E-state index in [1.165, 1.54) is 18.2 Å². The van der Waals surface area contributed by atoms with E-state index >= 15 is 0 Å². The van der Waals surface area contributed by atoms with Gasteiger partial charge in [0.25, 0.3) is 0 Å². The lowest BCUT2D eigenvalue weighted by Crippen LogP contribution is -2.07. The van der Waals surface area contributed by atoms with Crippen molar-refractivity contribution >= 4 is 27.7 Å². The monoisotopic (exact) mass is 225 g/mol. The van der Waals surface area contributed by atoms with Crippen LogP contribution in [-0.4, -0.2) is 19.6 Å². The van der Waals surface area contributed by atoms with E-state index in [2.05, 4.69) is 5.32 Å². The number of fused-ring (bicyclic) bond motifs is 1. The highest BCUT2D eigenvalue weighted by molar-refractivity contribution is 7.94. The Hall–Kier alpha value is -1.82. The van der Waals surface area contributed by atoms with Crippen molar-refractivity contribution in [2.75, 3.05) is 5.32 Å². The molecule has 0 atom stereocenters. The SMILES string of the molecule is O=C(O)Nc1ccc2c(c1)S(=O)(=O)C=C2. The summed E-state index contributed by atoms with van der Waals surface area (Å²) < 4.78 is 22.9.